The van der Waals surface area contributed by atoms with Gasteiger partial charge in [0.25, 0.3) is 0 Å². The predicted molar refractivity (Wildman–Crippen MR) is 77.3 cm³/mol. The molecule has 3 N–H and O–H groups in total. The molecule has 112 valence electrons. The number of aromatic nitrogens is 1. The van der Waals surface area contributed by atoms with Crippen molar-refractivity contribution in [3.05, 3.63) is 63.4 Å². The topological polar surface area (TPSA) is 50.9 Å². The lowest BCUT2D eigenvalue weighted by atomic mass is 9.98. The summed E-state index contributed by atoms with van der Waals surface area (Å²) in [5, 5.41) is 0. The summed E-state index contributed by atoms with van der Waals surface area (Å²) >= 11 is 2.92. The van der Waals surface area contributed by atoms with E-state index in [-0.39, 0.29) is 4.47 Å². The first-order chi connectivity index (χ1) is 9.82. The second-order valence-corrected chi connectivity index (χ2v) is 5.49. The number of hydrazine groups is 1. The van der Waals surface area contributed by atoms with Crippen molar-refractivity contribution >= 4 is 15.9 Å². The summed E-state index contributed by atoms with van der Waals surface area (Å²) in [5.74, 6) is 5.51. The van der Waals surface area contributed by atoms with E-state index >= 15 is 0 Å². The van der Waals surface area contributed by atoms with Crippen LogP contribution in [0.25, 0.3) is 0 Å². The van der Waals surface area contributed by atoms with Gasteiger partial charge in [0.1, 0.15) is 0 Å². The largest absolute Gasteiger partial charge is 0.417 e. The Morgan fingerprint density at radius 1 is 1.19 bits per heavy atom. The van der Waals surface area contributed by atoms with E-state index in [2.05, 4.69) is 26.3 Å². The van der Waals surface area contributed by atoms with Crippen molar-refractivity contribution in [2.75, 3.05) is 0 Å². The molecule has 1 aromatic heterocycles. The van der Waals surface area contributed by atoms with E-state index in [0.717, 1.165) is 11.6 Å². The van der Waals surface area contributed by atoms with E-state index in [9.17, 15) is 13.2 Å². The number of rotatable bonds is 3. The van der Waals surface area contributed by atoms with E-state index in [0.29, 0.717) is 11.1 Å². The smallest absolute Gasteiger partial charge is 0.271 e. The fourth-order valence-electron chi connectivity index (χ4n) is 2.06. The normalized spacial score (nSPS) is 13.2. The van der Waals surface area contributed by atoms with Crippen LogP contribution in [0.4, 0.5) is 13.2 Å². The van der Waals surface area contributed by atoms with E-state index in [1.165, 1.54) is 6.07 Å². The molecule has 0 saturated heterocycles. The molecule has 0 bridgehead atoms. The number of benzene rings is 1. The van der Waals surface area contributed by atoms with E-state index < -0.39 is 17.8 Å². The van der Waals surface area contributed by atoms with Crippen LogP contribution >= 0.6 is 15.9 Å². The molecule has 0 aliphatic heterocycles. The van der Waals surface area contributed by atoms with Crippen molar-refractivity contribution in [1.82, 2.24) is 10.4 Å². The summed E-state index contributed by atoms with van der Waals surface area (Å²) in [6.07, 6.45) is -1.19. The molecule has 2 aromatic rings. The van der Waals surface area contributed by atoms with Crippen LogP contribution in [0, 0.1) is 6.92 Å². The van der Waals surface area contributed by atoms with Gasteiger partial charge in [0, 0.05) is 16.9 Å². The van der Waals surface area contributed by atoms with Gasteiger partial charge in [-0.25, -0.2) is 5.43 Å². The highest BCUT2D eigenvalue weighted by molar-refractivity contribution is 9.10. The second-order valence-electron chi connectivity index (χ2n) is 4.63. The zero-order chi connectivity index (χ0) is 15.6. The molecule has 2 rings (SSSR count). The SMILES string of the molecule is Cc1cncc(C(NN)c2ccc(Br)c(C(F)(F)F)c2)c1. The number of hydrogen-bond acceptors (Lipinski definition) is 3. The van der Waals surface area contributed by atoms with Crippen LogP contribution < -0.4 is 11.3 Å². The summed E-state index contributed by atoms with van der Waals surface area (Å²) in [7, 11) is 0. The predicted octanol–water partition coefficient (Wildman–Crippen LogP) is 3.72. The number of nitrogens with zero attached hydrogens (tertiary/aromatic N) is 1. The Balaban J connectivity index is 2.49. The highest BCUT2D eigenvalue weighted by Gasteiger charge is 2.33. The number of aryl methyl sites for hydroxylation is 1. The minimum atomic E-state index is -4.43. The van der Waals surface area contributed by atoms with Gasteiger partial charge in [-0.3, -0.25) is 10.8 Å². The Bertz CT molecular complexity index is 644. The fourth-order valence-corrected chi connectivity index (χ4v) is 2.53. The molecule has 1 atom stereocenters. The van der Waals surface area contributed by atoms with Gasteiger partial charge in [-0.15, -0.1) is 0 Å². The Morgan fingerprint density at radius 2 is 1.90 bits per heavy atom. The third kappa shape index (κ3) is 3.61. The molecule has 0 spiro atoms. The average molecular weight is 360 g/mol. The summed E-state index contributed by atoms with van der Waals surface area (Å²) in [6, 6.07) is 5.30. The van der Waals surface area contributed by atoms with Gasteiger partial charge >= 0.3 is 6.18 Å². The maximum absolute atomic E-state index is 13.0. The lowest BCUT2D eigenvalue weighted by Gasteiger charge is -2.19. The molecular formula is C14H13BrF3N3. The molecule has 0 fully saturated rings. The molecular weight excluding hydrogens is 347 g/mol. The van der Waals surface area contributed by atoms with Gasteiger partial charge in [-0.05, 0) is 35.7 Å². The molecule has 1 unspecified atom stereocenters. The second kappa shape index (κ2) is 6.13. The molecule has 0 aliphatic rings. The minimum Gasteiger partial charge on any atom is -0.271 e. The van der Waals surface area contributed by atoms with Crippen molar-refractivity contribution in [3.63, 3.8) is 0 Å². The van der Waals surface area contributed by atoms with Gasteiger partial charge in [0.15, 0.2) is 0 Å². The van der Waals surface area contributed by atoms with Gasteiger partial charge in [-0.1, -0.05) is 28.1 Å². The Hall–Kier alpha value is -1.44. The molecule has 7 heteroatoms. The van der Waals surface area contributed by atoms with Crippen LogP contribution in [0.5, 0.6) is 0 Å². The number of halogens is 4. The van der Waals surface area contributed by atoms with Crippen LogP contribution in [0.3, 0.4) is 0 Å². The van der Waals surface area contributed by atoms with Crippen molar-refractivity contribution in [1.29, 1.82) is 0 Å². The van der Waals surface area contributed by atoms with E-state index in [1.54, 1.807) is 18.5 Å². The highest BCUT2D eigenvalue weighted by Crippen LogP contribution is 2.37. The van der Waals surface area contributed by atoms with Crippen LogP contribution in [-0.4, -0.2) is 4.98 Å². The third-order valence-electron chi connectivity index (χ3n) is 3.03. The molecule has 0 saturated carbocycles. The molecule has 1 aromatic carbocycles. The minimum absolute atomic E-state index is 0.00288. The summed E-state index contributed by atoms with van der Waals surface area (Å²) in [4.78, 5) is 4.04. The first-order valence-corrected chi connectivity index (χ1v) is 6.86. The van der Waals surface area contributed by atoms with Crippen molar-refractivity contribution in [3.8, 4) is 0 Å². The molecule has 1 heterocycles. The number of nitrogens with one attached hydrogen (secondary N) is 1. The average Bonchev–Trinajstić information content (AvgIpc) is 2.40. The molecule has 0 amide bonds. The lowest BCUT2D eigenvalue weighted by Crippen LogP contribution is -2.29. The zero-order valence-corrected chi connectivity index (χ0v) is 12.7. The van der Waals surface area contributed by atoms with Crippen LogP contribution in [0.1, 0.15) is 28.3 Å². The van der Waals surface area contributed by atoms with Crippen molar-refractivity contribution < 1.29 is 13.2 Å². The number of hydrogen-bond donors (Lipinski definition) is 2. The Kier molecular flexibility index (Phi) is 4.65. The highest BCUT2D eigenvalue weighted by atomic mass is 79.9. The molecule has 21 heavy (non-hydrogen) atoms. The maximum Gasteiger partial charge on any atom is 0.417 e. The fraction of sp³-hybridized carbons (Fsp3) is 0.214. The first kappa shape index (κ1) is 15.9. The van der Waals surface area contributed by atoms with Gasteiger partial charge in [0.2, 0.25) is 0 Å². The van der Waals surface area contributed by atoms with Crippen molar-refractivity contribution in [2.45, 2.75) is 19.1 Å². The van der Waals surface area contributed by atoms with Gasteiger partial charge in [-0.2, -0.15) is 13.2 Å². The van der Waals surface area contributed by atoms with E-state index in [4.69, 9.17) is 5.84 Å². The quantitative estimate of drug-likeness (QED) is 0.648. The standard InChI is InChI=1S/C14H13BrF3N3/c1-8-4-10(7-20-6-8)13(21-19)9-2-3-12(15)11(5-9)14(16,17)18/h2-7,13,21H,19H2,1H3. The first-order valence-electron chi connectivity index (χ1n) is 6.07. The number of alkyl halides is 3. The van der Waals surface area contributed by atoms with Crippen LogP contribution in [-0.2, 0) is 6.18 Å². The summed E-state index contributed by atoms with van der Waals surface area (Å²) in [5.41, 5.74) is 3.82. The monoisotopic (exact) mass is 359 g/mol. The Morgan fingerprint density at radius 3 is 2.48 bits per heavy atom. The van der Waals surface area contributed by atoms with Gasteiger partial charge < -0.3 is 0 Å². The summed E-state index contributed by atoms with van der Waals surface area (Å²) in [6.45, 7) is 1.85. The molecule has 3 nitrogen and oxygen atoms in total. The third-order valence-corrected chi connectivity index (χ3v) is 3.72. The van der Waals surface area contributed by atoms with Crippen LogP contribution in [0.2, 0.25) is 0 Å². The number of pyridine rings is 1. The lowest BCUT2D eigenvalue weighted by molar-refractivity contribution is -0.138. The molecule has 0 aliphatic carbocycles. The molecule has 0 radical (unpaired) electrons. The van der Waals surface area contributed by atoms with Gasteiger partial charge in [0.05, 0.1) is 11.6 Å². The maximum atomic E-state index is 13.0. The number of nitrogens with two attached hydrogens (primary N) is 1. The van der Waals surface area contributed by atoms with Crippen LogP contribution in [0.15, 0.2) is 41.1 Å². The Labute approximate surface area is 128 Å². The summed E-state index contributed by atoms with van der Waals surface area (Å²) < 4.78 is 38.9. The van der Waals surface area contributed by atoms with E-state index in [1.807, 2.05) is 13.0 Å². The van der Waals surface area contributed by atoms with Crippen molar-refractivity contribution in [2.24, 2.45) is 5.84 Å². The zero-order valence-electron chi connectivity index (χ0n) is 11.1.